The van der Waals surface area contributed by atoms with Gasteiger partial charge in [-0.1, -0.05) is 19.1 Å². The van der Waals surface area contributed by atoms with Crippen LogP contribution in [-0.2, 0) is 14.3 Å². The van der Waals surface area contributed by atoms with Crippen molar-refractivity contribution in [3.05, 3.63) is 24.3 Å². The Morgan fingerprint density at radius 1 is 1.17 bits per heavy atom. The molecule has 0 unspecified atom stereocenters. The zero-order valence-electron chi connectivity index (χ0n) is 15.2. The van der Waals surface area contributed by atoms with Crippen LogP contribution in [0.25, 0.3) is 0 Å². The summed E-state index contributed by atoms with van der Waals surface area (Å²) in [4.78, 5) is 26.0. The smallest absolute Gasteiger partial charge is 0.320 e. The first-order valence-electron chi connectivity index (χ1n) is 8.12. The number of esters is 1. The Labute approximate surface area is 144 Å². The molecule has 0 aliphatic heterocycles. The Balaban J connectivity index is 2.64. The zero-order chi connectivity index (χ0) is 18.2. The molecule has 0 fully saturated rings. The summed E-state index contributed by atoms with van der Waals surface area (Å²) < 4.78 is 10.5. The van der Waals surface area contributed by atoms with Gasteiger partial charge < -0.3 is 14.8 Å². The van der Waals surface area contributed by atoms with Gasteiger partial charge in [0.2, 0.25) is 5.91 Å². The highest BCUT2D eigenvalue weighted by molar-refractivity contribution is 5.93. The Morgan fingerprint density at radius 3 is 2.42 bits per heavy atom. The number of benzene rings is 1. The normalized spacial score (nSPS) is 11.2. The summed E-state index contributed by atoms with van der Waals surface area (Å²) in [5, 5.41) is 2.81. The number of amides is 1. The molecule has 0 aromatic heterocycles. The molecular weight excluding hydrogens is 308 g/mol. The van der Waals surface area contributed by atoms with E-state index >= 15 is 0 Å². The summed E-state index contributed by atoms with van der Waals surface area (Å²) in [5.41, 5.74) is 0.0768. The Bertz CT molecular complexity index is 552. The van der Waals surface area contributed by atoms with Crippen LogP contribution in [0.5, 0.6) is 5.75 Å². The molecule has 0 aliphatic carbocycles. The molecule has 6 nitrogen and oxygen atoms in total. The van der Waals surface area contributed by atoms with Crippen LogP contribution in [-0.4, -0.2) is 49.1 Å². The van der Waals surface area contributed by atoms with Crippen molar-refractivity contribution in [1.29, 1.82) is 0 Å². The van der Waals surface area contributed by atoms with Gasteiger partial charge in [0.25, 0.3) is 0 Å². The van der Waals surface area contributed by atoms with Crippen molar-refractivity contribution in [3.63, 3.8) is 0 Å². The highest BCUT2D eigenvalue weighted by Crippen LogP contribution is 2.22. The van der Waals surface area contributed by atoms with Gasteiger partial charge in [0.1, 0.15) is 11.4 Å². The minimum atomic E-state index is -0.533. The highest BCUT2D eigenvalue weighted by atomic mass is 16.6. The molecule has 1 aromatic carbocycles. The first kappa shape index (κ1) is 20.0. The maximum atomic E-state index is 12.3. The predicted molar refractivity (Wildman–Crippen MR) is 94.2 cm³/mol. The number of nitrogens with zero attached hydrogens (tertiary/aromatic N) is 1. The van der Waals surface area contributed by atoms with E-state index in [2.05, 4.69) is 5.32 Å². The zero-order valence-corrected chi connectivity index (χ0v) is 15.2. The third kappa shape index (κ3) is 7.46. The number of hydrogen-bond acceptors (Lipinski definition) is 5. The number of nitrogens with one attached hydrogen (secondary N) is 1. The Morgan fingerprint density at radius 2 is 1.83 bits per heavy atom. The molecule has 134 valence electrons. The van der Waals surface area contributed by atoms with Crippen molar-refractivity contribution in [1.82, 2.24) is 4.90 Å². The number of anilines is 1. The van der Waals surface area contributed by atoms with E-state index in [1.165, 1.54) is 0 Å². The van der Waals surface area contributed by atoms with Crippen molar-refractivity contribution in [2.75, 3.05) is 32.1 Å². The number of para-hydroxylation sites is 2. The van der Waals surface area contributed by atoms with Crippen LogP contribution in [0.1, 0.15) is 34.1 Å². The minimum Gasteiger partial charge on any atom is -0.495 e. The van der Waals surface area contributed by atoms with E-state index in [1.54, 1.807) is 24.1 Å². The maximum absolute atomic E-state index is 12.3. The van der Waals surface area contributed by atoms with Crippen LogP contribution >= 0.6 is 0 Å². The largest absolute Gasteiger partial charge is 0.495 e. The summed E-state index contributed by atoms with van der Waals surface area (Å²) in [6.07, 6.45) is 0.838. The third-order valence-electron chi connectivity index (χ3n) is 3.06. The second-order valence-electron chi connectivity index (χ2n) is 6.55. The van der Waals surface area contributed by atoms with Crippen molar-refractivity contribution < 1.29 is 19.1 Å². The first-order chi connectivity index (χ1) is 11.2. The van der Waals surface area contributed by atoms with Gasteiger partial charge in [0.15, 0.2) is 0 Å². The molecule has 0 heterocycles. The lowest BCUT2D eigenvalue weighted by Crippen LogP contribution is -2.39. The summed E-state index contributed by atoms with van der Waals surface area (Å²) in [6.45, 7) is 8.31. The van der Waals surface area contributed by atoms with Crippen molar-refractivity contribution in [2.45, 2.75) is 39.7 Å². The van der Waals surface area contributed by atoms with Gasteiger partial charge in [-0.15, -0.1) is 0 Å². The van der Waals surface area contributed by atoms with Gasteiger partial charge in [-0.05, 0) is 45.9 Å². The lowest BCUT2D eigenvalue weighted by molar-refractivity contribution is -0.156. The molecule has 1 aromatic rings. The van der Waals surface area contributed by atoms with Crippen molar-refractivity contribution in [2.24, 2.45) is 0 Å². The molecule has 0 radical (unpaired) electrons. The number of ether oxygens (including phenoxy) is 2. The number of carbonyl (C=O) groups excluding carboxylic acids is 2. The van der Waals surface area contributed by atoms with E-state index in [1.807, 2.05) is 39.8 Å². The number of rotatable bonds is 8. The van der Waals surface area contributed by atoms with E-state index in [-0.39, 0.29) is 25.0 Å². The molecule has 0 spiro atoms. The van der Waals surface area contributed by atoms with Gasteiger partial charge in [0, 0.05) is 0 Å². The highest BCUT2D eigenvalue weighted by Gasteiger charge is 2.20. The fourth-order valence-electron chi connectivity index (χ4n) is 2.23. The molecule has 1 rings (SSSR count). The maximum Gasteiger partial charge on any atom is 0.320 e. The first-order valence-corrected chi connectivity index (χ1v) is 8.12. The molecule has 0 saturated heterocycles. The van der Waals surface area contributed by atoms with Crippen molar-refractivity contribution in [3.8, 4) is 5.75 Å². The fraction of sp³-hybridized carbons (Fsp3) is 0.556. The average Bonchev–Trinajstić information content (AvgIpc) is 2.45. The van der Waals surface area contributed by atoms with Gasteiger partial charge in [-0.2, -0.15) is 0 Å². The molecule has 0 aliphatic rings. The second kappa shape index (κ2) is 9.27. The van der Waals surface area contributed by atoms with Gasteiger partial charge >= 0.3 is 5.97 Å². The molecule has 0 bridgehead atoms. The third-order valence-corrected chi connectivity index (χ3v) is 3.06. The van der Waals surface area contributed by atoms with Crippen LogP contribution in [0.2, 0.25) is 0 Å². The average molecular weight is 336 g/mol. The van der Waals surface area contributed by atoms with E-state index < -0.39 is 5.60 Å². The number of hydrogen-bond donors (Lipinski definition) is 1. The van der Waals surface area contributed by atoms with Crippen LogP contribution in [0.3, 0.4) is 0 Å². The Hall–Kier alpha value is -2.08. The van der Waals surface area contributed by atoms with Crippen LogP contribution in [0, 0.1) is 0 Å². The predicted octanol–water partition coefficient (Wildman–Crippen LogP) is 2.69. The number of methoxy groups -OCH3 is 1. The molecular formula is C18H28N2O4. The van der Waals surface area contributed by atoms with Crippen LogP contribution in [0.4, 0.5) is 5.69 Å². The number of carbonyl (C=O) groups is 2. The lowest BCUT2D eigenvalue weighted by atomic mass is 10.2. The van der Waals surface area contributed by atoms with Crippen LogP contribution < -0.4 is 10.1 Å². The van der Waals surface area contributed by atoms with E-state index in [9.17, 15) is 9.59 Å². The van der Waals surface area contributed by atoms with Crippen molar-refractivity contribution >= 4 is 17.6 Å². The van der Waals surface area contributed by atoms with Gasteiger partial charge in [-0.3, -0.25) is 14.5 Å². The van der Waals surface area contributed by atoms with E-state index in [0.717, 1.165) is 6.42 Å². The summed E-state index contributed by atoms with van der Waals surface area (Å²) in [7, 11) is 1.55. The fourth-order valence-corrected chi connectivity index (χ4v) is 2.23. The Kier molecular flexibility index (Phi) is 7.71. The molecule has 1 N–H and O–H groups in total. The summed E-state index contributed by atoms with van der Waals surface area (Å²) in [6, 6.07) is 7.21. The minimum absolute atomic E-state index is 0.0878. The quantitative estimate of drug-likeness (QED) is 0.739. The van der Waals surface area contributed by atoms with E-state index in [4.69, 9.17) is 9.47 Å². The van der Waals surface area contributed by atoms with Gasteiger partial charge in [0.05, 0.1) is 25.9 Å². The molecule has 1 amide bonds. The molecule has 6 heteroatoms. The molecule has 0 atom stereocenters. The molecule has 24 heavy (non-hydrogen) atoms. The molecule has 0 saturated carbocycles. The summed E-state index contributed by atoms with van der Waals surface area (Å²) in [5.74, 6) is 0.0672. The second-order valence-corrected chi connectivity index (χ2v) is 6.55. The lowest BCUT2D eigenvalue weighted by Gasteiger charge is -2.24. The van der Waals surface area contributed by atoms with E-state index in [0.29, 0.717) is 18.0 Å². The SMILES string of the molecule is CCCN(CC(=O)Nc1ccccc1OC)CC(=O)OC(C)(C)C. The van der Waals surface area contributed by atoms with Crippen LogP contribution in [0.15, 0.2) is 24.3 Å². The standard InChI is InChI=1S/C18H28N2O4/c1-6-11-20(13-17(22)24-18(2,3)4)12-16(21)19-14-9-7-8-10-15(14)23-5/h7-10H,6,11-13H2,1-5H3,(H,19,21). The summed E-state index contributed by atoms with van der Waals surface area (Å²) >= 11 is 0. The monoisotopic (exact) mass is 336 g/mol. The van der Waals surface area contributed by atoms with Gasteiger partial charge in [-0.25, -0.2) is 0 Å². The topological polar surface area (TPSA) is 67.9 Å².